The summed E-state index contributed by atoms with van der Waals surface area (Å²) in [6.07, 6.45) is 2.92. The highest BCUT2D eigenvalue weighted by Crippen LogP contribution is 2.30. The molecule has 1 aliphatic rings. The van der Waals surface area contributed by atoms with Crippen LogP contribution in [0.15, 0.2) is 42.5 Å². The fourth-order valence-electron chi connectivity index (χ4n) is 5.16. The highest BCUT2D eigenvalue weighted by atomic mass is 16.4. The highest BCUT2D eigenvalue weighted by molar-refractivity contribution is 6.01. The summed E-state index contributed by atoms with van der Waals surface area (Å²) in [5.74, 6) is -1.09. The van der Waals surface area contributed by atoms with Crippen LogP contribution in [0.2, 0.25) is 0 Å². The van der Waals surface area contributed by atoms with Gasteiger partial charge in [0.1, 0.15) is 11.7 Å². The number of benzene rings is 2. The van der Waals surface area contributed by atoms with Crippen molar-refractivity contribution < 1.29 is 19.5 Å². The van der Waals surface area contributed by atoms with Crippen LogP contribution in [0.25, 0.3) is 11.0 Å². The summed E-state index contributed by atoms with van der Waals surface area (Å²) < 4.78 is 1.98. The van der Waals surface area contributed by atoms with Crippen molar-refractivity contribution in [3.63, 3.8) is 0 Å². The topological polar surface area (TPSA) is 166 Å². The highest BCUT2D eigenvalue weighted by Gasteiger charge is 2.40. The summed E-state index contributed by atoms with van der Waals surface area (Å²) in [4.78, 5) is 44.2. The second kappa shape index (κ2) is 11.9. The molecule has 11 heteroatoms. The summed E-state index contributed by atoms with van der Waals surface area (Å²) in [6.45, 7) is 4.76. The number of anilines is 1. The third kappa shape index (κ3) is 5.99. The summed E-state index contributed by atoms with van der Waals surface area (Å²) in [5.41, 5.74) is 8.24. The predicted octanol–water partition coefficient (Wildman–Crippen LogP) is 2.37. The molecule has 0 saturated carbocycles. The zero-order chi connectivity index (χ0) is 29.0. The second-order valence-electron chi connectivity index (χ2n) is 10.6. The number of Topliss-reactive ketones (excluding diaryl/α,β-unsaturated/α-hetero) is 1. The van der Waals surface area contributed by atoms with Crippen molar-refractivity contribution in [3.8, 4) is 0 Å². The summed E-state index contributed by atoms with van der Waals surface area (Å²) in [5, 5.41) is 23.2. The molecule has 0 radical (unpaired) electrons. The van der Waals surface area contributed by atoms with Gasteiger partial charge in [0, 0.05) is 37.9 Å². The molecule has 2 atom stereocenters. The van der Waals surface area contributed by atoms with Gasteiger partial charge in [0.25, 0.3) is 0 Å². The Morgan fingerprint density at radius 1 is 1.12 bits per heavy atom. The molecule has 2 unspecified atom stereocenters. The number of imidazole rings is 1. The molecule has 1 amide bonds. The quantitative estimate of drug-likeness (QED) is 0.139. The van der Waals surface area contributed by atoms with Gasteiger partial charge in [-0.2, -0.15) is 0 Å². The van der Waals surface area contributed by atoms with Crippen molar-refractivity contribution in [2.75, 3.05) is 25.0 Å². The van der Waals surface area contributed by atoms with Crippen molar-refractivity contribution in [1.82, 2.24) is 19.8 Å². The Hall–Kier alpha value is -4.25. The second-order valence-corrected chi connectivity index (χ2v) is 10.6. The first kappa shape index (κ1) is 28.8. The number of ketones is 1. The zero-order valence-electron chi connectivity index (χ0n) is 23.2. The van der Waals surface area contributed by atoms with Crippen LogP contribution in [0.1, 0.15) is 50.1 Å². The lowest BCUT2D eigenvalue weighted by Gasteiger charge is -2.37. The van der Waals surface area contributed by atoms with Gasteiger partial charge in [-0.05, 0) is 75.1 Å². The van der Waals surface area contributed by atoms with Crippen LogP contribution in [0.5, 0.6) is 0 Å². The average Bonchev–Trinajstić information content (AvgIpc) is 3.26. The number of piperidine rings is 1. The number of nitrogens with zero attached hydrogens (tertiary/aromatic N) is 3. The number of aryl methyl sites for hydroxylation is 1. The number of amidine groups is 1. The number of nitrogens with two attached hydrogens (primary N) is 1. The molecule has 212 valence electrons. The number of carboxylic acids is 1. The van der Waals surface area contributed by atoms with Gasteiger partial charge in [-0.1, -0.05) is 6.07 Å². The third-order valence-electron chi connectivity index (χ3n) is 7.69. The first-order chi connectivity index (χ1) is 19.0. The fraction of sp³-hybridized carbons (Fsp3) is 0.414. The number of fused-ring (bicyclic) bond motifs is 1. The molecule has 0 spiro atoms. The molecular weight excluding hydrogens is 510 g/mol. The van der Waals surface area contributed by atoms with Crippen molar-refractivity contribution in [2.24, 2.45) is 12.8 Å². The molecule has 1 saturated heterocycles. The van der Waals surface area contributed by atoms with Gasteiger partial charge in [-0.3, -0.25) is 25.1 Å². The molecule has 2 aromatic carbocycles. The lowest BCUT2D eigenvalue weighted by Crippen LogP contribution is -2.55. The Kier molecular flexibility index (Phi) is 8.53. The molecule has 1 aliphatic heterocycles. The number of hydrogen-bond acceptors (Lipinski definition) is 7. The van der Waals surface area contributed by atoms with Gasteiger partial charge >= 0.3 is 5.97 Å². The third-order valence-corrected chi connectivity index (χ3v) is 7.69. The Morgan fingerprint density at radius 3 is 2.40 bits per heavy atom. The molecular formula is C29H37N7O4. The number of aliphatic carboxylic acids is 1. The minimum absolute atomic E-state index is 0.0120. The van der Waals surface area contributed by atoms with E-state index in [-0.39, 0.29) is 18.3 Å². The minimum atomic E-state index is -1.39. The van der Waals surface area contributed by atoms with E-state index in [1.807, 2.05) is 46.8 Å². The van der Waals surface area contributed by atoms with Gasteiger partial charge in [0.15, 0.2) is 11.8 Å². The molecule has 4 rings (SSSR count). The largest absolute Gasteiger partial charge is 0.480 e. The van der Waals surface area contributed by atoms with Crippen molar-refractivity contribution in [1.29, 1.82) is 5.41 Å². The number of carbonyl (C=O) groups is 3. The zero-order valence-corrected chi connectivity index (χ0v) is 23.2. The summed E-state index contributed by atoms with van der Waals surface area (Å²) >= 11 is 0. The lowest BCUT2D eigenvalue weighted by molar-refractivity contribution is -0.144. The van der Waals surface area contributed by atoms with E-state index in [9.17, 15) is 19.5 Å². The summed E-state index contributed by atoms with van der Waals surface area (Å²) in [6, 6.07) is 11.6. The number of carbonyl (C=O) groups excluding carboxylic acids is 2. The van der Waals surface area contributed by atoms with Crippen LogP contribution >= 0.6 is 0 Å². The molecule has 0 bridgehead atoms. The van der Waals surface area contributed by atoms with Crippen LogP contribution in [-0.4, -0.2) is 68.7 Å². The first-order valence-electron chi connectivity index (χ1n) is 13.4. The molecule has 3 aromatic rings. The van der Waals surface area contributed by atoms with E-state index in [0.29, 0.717) is 36.3 Å². The normalized spacial score (nSPS) is 15.8. The Morgan fingerprint density at radius 2 is 1.80 bits per heavy atom. The van der Waals surface area contributed by atoms with Crippen LogP contribution in [0.4, 0.5) is 5.69 Å². The van der Waals surface area contributed by atoms with Gasteiger partial charge in [-0.25, -0.2) is 4.98 Å². The van der Waals surface area contributed by atoms with Gasteiger partial charge in [0.2, 0.25) is 5.91 Å². The van der Waals surface area contributed by atoms with Gasteiger partial charge in [-0.15, -0.1) is 0 Å². The van der Waals surface area contributed by atoms with Crippen LogP contribution in [-0.2, 0) is 33.4 Å². The summed E-state index contributed by atoms with van der Waals surface area (Å²) in [7, 11) is 1.93. The maximum Gasteiger partial charge on any atom is 0.328 e. The van der Waals surface area contributed by atoms with Crippen LogP contribution in [0.3, 0.4) is 0 Å². The molecule has 11 nitrogen and oxygen atoms in total. The average molecular weight is 548 g/mol. The Bertz CT molecular complexity index is 1410. The molecule has 1 aromatic heterocycles. The minimum Gasteiger partial charge on any atom is -0.480 e. The maximum atomic E-state index is 13.9. The Labute approximate surface area is 233 Å². The number of amides is 1. The monoisotopic (exact) mass is 547 g/mol. The number of aromatic nitrogens is 2. The number of rotatable bonds is 11. The van der Waals surface area contributed by atoms with E-state index in [1.165, 1.54) is 6.92 Å². The molecule has 40 heavy (non-hydrogen) atoms. The smallest absolute Gasteiger partial charge is 0.328 e. The number of carboxylic acid groups (broad SMARTS) is 1. The molecule has 0 aliphatic carbocycles. The predicted molar refractivity (Wildman–Crippen MR) is 153 cm³/mol. The SMILES string of the molecule is CC(=O)C(NCC(C)(C(=O)N1CCCCC1)c1ccc2c(c1)nc(CNc1ccc(C(=N)N)cc1)n2C)C(=O)O. The van der Waals surface area contributed by atoms with E-state index in [0.717, 1.165) is 36.3 Å². The van der Waals surface area contributed by atoms with E-state index in [2.05, 4.69) is 10.6 Å². The lowest BCUT2D eigenvalue weighted by atomic mass is 9.80. The van der Waals surface area contributed by atoms with Gasteiger partial charge < -0.3 is 25.6 Å². The van der Waals surface area contributed by atoms with Crippen molar-refractivity contribution >= 4 is 40.2 Å². The number of nitrogen functional groups attached to an aromatic ring is 1. The fourth-order valence-corrected chi connectivity index (χ4v) is 5.16. The van der Waals surface area contributed by atoms with Crippen molar-refractivity contribution in [3.05, 3.63) is 59.4 Å². The van der Waals surface area contributed by atoms with E-state index in [4.69, 9.17) is 16.1 Å². The first-order valence-corrected chi connectivity index (χ1v) is 13.4. The standard InChI is InChI=1S/C29H37N7O4/c1-18(37)25(27(38)39)33-17-29(2,28(40)36-13-5-4-6-14-36)20-9-12-23-22(15-20)34-24(35(23)3)16-32-21-10-7-19(8-11-21)26(30)31/h7-12,15,25,32-33H,4-6,13-14,16-17H2,1-3H3,(H3,30,31)(H,38,39). The van der Waals surface area contributed by atoms with Crippen molar-refractivity contribution in [2.45, 2.75) is 51.1 Å². The molecule has 6 N–H and O–H groups in total. The van der Waals surface area contributed by atoms with E-state index in [1.54, 1.807) is 19.1 Å². The molecule has 1 fully saturated rings. The number of nitrogens with one attached hydrogen (secondary N) is 3. The van der Waals surface area contributed by atoms with E-state index < -0.39 is 23.2 Å². The number of likely N-dealkylation sites (tertiary alicyclic amines) is 1. The maximum absolute atomic E-state index is 13.9. The van der Waals surface area contributed by atoms with E-state index >= 15 is 0 Å². The molecule has 2 heterocycles. The number of hydrogen-bond donors (Lipinski definition) is 5. The van der Waals surface area contributed by atoms with Gasteiger partial charge in [0.05, 0.1) is 23.0 Å². The van der Waals surface area contributed by atoms with Crippen LogP contribution in [0, 0.1) is 5.41 Å². The Balaban J connectivity index is 1.63. The van der Waals surface area contributed by atoms with Crippen LogP contribution < -0.4 is 16.4 Å².